The molecule has 1 aliphatic heterocycles. The van der Waals surface area contributed by atoms with Crippen molar-refractivity contribution in [1.82, 2.24) is 4.90 Å². The summed E-state index contributed by atoms with van der Waals surface area (Å²) in [4.78, 5) is 29.5. The number of ether oxygens (including phenoxy) is 1. The van der Waals surface area contributed by atoms with Crippen LogP contribution >= 0.6 is 0 Å². The van der Waals surface area contributed by atoms with E-state index in [2.05, 4.69) is 4.90 Å². The Kier molecular flexibility index (Phi) is 5.67. The second-order valence-corrected chi connectivity index (χ2v) is 6.83. The lowest BCUT2D eigenvalue weighted by atomic mass is 10.1. The van der Waals surface area contributed by atoms with Crippen LogP contribution in [0, 0.1) is 10.1 Å². The van der Waals surface area contributed by atoms with Crippen molar-refractivity contribution in [3.8, 4) is 5.75 Å². The topological polar surface area (TPSA) is 79.2 Å². The molecule has 0 saturated carbocycles. The minimum Gasteiger partial charge on any atom is -0.497 e. The van der Waals surface area contributed by atoms with Crippen molar-refractivity contribution in [2.75, 3.05) is 57.2 Å². The first kappa shape index (κ1) is 19.5. The van der Waals surface area contributed by atoms with Crippen LogP contribution in [0.15, 0.2) is 42.5 Å². The third kappa shape index (κ3) is 4.00. The van der Waals surface area contributed by atoms with E-state index in [-0.39, 0.29) is 11.6 Å². The Bertz CT molecular complexity index is 859. The van der Waals surface area contributed by atoms with Crippen LogP contribution in [0.5, 0.6) is 5.75 Å². The maximum atomic E-state index is 13.1. The van der Waals surface area contributed by atoms with E-state index < -0.39 is 4.92 Å². The second kappa shape index (κ2) is 8.16. The molecule has 148 valence electrons. The number of nitrogens with zero attached hydrogens (tertiary/aromatic N) is 4. The van der Waals surface area contributed by atoms with E-state index in [0.717, 1.165) is 11.4 Å². The van der Waals surface area contributed by atoms with Crippen LogP contribution in [0.3, 0.4) is 0 Å². The van der Waals surface area contributed by atoms with Gasteiger partial charge in [-0.25, -0.2) is 0 Å². The summed E-state index contributed by atoms with van der Waals surface area (Å²) in [5, 5.41) is 11.1. The molecular weight excluding hydrogens is 360 g/mol. The fourth-order valence-corrected chi connectivity index (χ4v) is 3.33. The van der Waals surface area contributed by atoms with Crippen LogP contribution in [0.4, 0.5) is 17.1 Å². The van der Waals surface area contributed by atoms with E-state index in [9.17, 15) is 14.9 Å². The lowest BCUT2D eigenvalue weighted by Gasteiger charge is -2.36. The highest BCUT2D eigenvalue weighted by Crippen LogP contribution is 2.27. The first-order valence-electron chi connectivity index (χ1n) is 9.04. The van der Waals surface area contributed by atoms with Gasteiger partial charge in [-0.05, 0) is 30.3 Å². The summed E-state index contributed by atoms with van der Waals surface area (Å²) in [5.74, 6) is 0.626. The van der Waals surface area contributed by atoms with Gasteiger partial charge in [0.1, 0.15) is 5.75 Å². The number of piperazine rings is 1. The minimum atomic E-state index is -0.474. The Hall–Kier alpha value is -3.29. The largest absolute Gasteiger partial charge is 0.497 e. The fourth-order valence-electron chi connectivity index (χ4n) is 3.33. The predicted molar refractivity (Wildman–Crippen MR) is 109 cm³/mol. The molecule has 0 radical (unpaired) electrons. The van der Waals surface area contributed by atoms with E-state index in [4.69, 9.17) is 4.74 Å². The average Bonchev–Trinajstić information content (AvgIpc) is 2.72. The van der Waals surface area contributed by atoms with Crippen LogP contribution in [0.25, 0.3) is 0 Å². The molecule has 0 unspecified atom stereocenters. The van der Waals surface area contributed by atoms with Gasteiger partial charge in [0.15, 0.2) is 0 Å². The molecule has 8 heteroatoms. The van der Waals surface area contributed by atoms with Crippen LogP contribution in [0.2, 0.25) is 0 Å². The fraction of sp³-hybridized carbons (Fsp3) is 0.350. The van der Waals surface area contributed by atoms with Gasteiger partial charge >= 0.3 is 0 Å². The number of amides is 1. The van der Waals surface area contributed by atoms with Gasteiger partial charge in [-0.3, -0.25) is 14.9 Å². The van der Waals surface area contributed by atoms with Crippen LogP contribution in [-0.2, 0) is 0 Å². The SMILES string of the molecule is COc1ccc(N2CCN(C(=O)c3cc([N+](=O)[O-])ccc3N(C)C)CC2)cc1. The summed E-state index contributed by atoms with van der Waals surface area (Å²) in [6, 6.07) is 12.3. The number of rotatable bonds is 5. The minimum absolute atomic E-state index is 0.0779. The molecule has 0 bridgehead atoms. The van der Waals surface area contributed by atoms with Crippen LogP contribution < -0.4 is 14.5 Å². The maximum absolute atomic E-state index is 13.1. The molecule has 3 rings (SSSR count). The Balaban J connectivity index is 1.74. The van der Waals surface area contributed by atoms with Gasteiger partial charge < -0.3 is 19.4 Å². The maximum Gasteiger partial charge on any atom is 0.270 e. The third-order valence-electron chi connectivity index (χ3n) is 4.91. The zero-order valence-corrected chi connectivity index (χ0v) is 16.3. The monoisotopic (exact) mass is 384 g/mol. The van der Waals surface area contributed by atoms with Gasteiger partial charge in [0.05, 0.1) is 17.6 Å². The molecular formula is C20H24N4O4. The Morgan fingerprint density at radius 2 is 1.71 bits per heavy atom. The Labute approximate surface area is 164 Å². The number of benzene rings is 2. The summed E-state index contributed by atoms with van der Waals surface area (Å²) in [6.07, 6.45) is 0. The quantitative estimate of drug-likeness (QED) is 0.582. The molecule has 1 amide bonds. The van der Waals surface area contributed by atoms with Crippen molar-refractivity contribution in [3.63, 3.8) is 0 Å². The lowest BCUT2D eigenvalue weighted by molar-refractivity contribution is -0.384. The number of methoxy groups -OCH3 is 1. The number of nitro benzene ring substituents is 1. The summed E-state index contributed by atoms with van der Waals surface area (Å²) < 4.78 is 5.19. The zero-order chi connectivity index (χ0) is 20.3. The molecule has 1 aliphatic rings. The van der Waals surface area contributed by atoms with Crippen molar-refractivity contribution in [2.24, 2.45) is 0 Å². The van der Waals surface area contributed by atoms with E-state index in [1.807, 2.05) is 38.4 Å². The lowest BCUT2D eigenvalue weighted by Crippen LogP contribution is -2.49. The predicted octanol–water partition coefficient (Wildman–Crippen LogP) is 2.63. The Morgan fingerprint density at radius 1 is 1.07 bits per heavy atom. The summed E-state index contributed by atoms with van der Waals surface area (Å²) in [6.45, 7) is 2.51. The van der Waals surface area contributed by atoms with Crippen LogP contribution in [0.1, 0.15) is 10.4 Å². The van der Waals surface area contributed by atoms with Crippen molar-refractivity contribution < 1.29 is 14.5 Å². The van der Waals surface area contributed by atoms with Crippen LogP contribution in [-0.4, -0.2) is 63.1 Å². The normalized spacial score (nSPS) is 14.0. The van der Waals surface area contributed by atoms with Gasteiger partial charge in [-0.15, -0.1) is 0 Å². The number of anilines is 2. The van der Waals surface area contributed by atoms with E-state index in [1.165, 1.54) is 12.1 Å². The number of carbonyl (C=O) groups is 1. The Morgan fingerprint density at radius 3 is 2.25 bits per heavy atom. The van der Waals surface area contributed by atoms with Crippen molar-refractivity contribution in [3.05, 3.63) is 58.1 Å². The zero-order valence-electron chi connectivity index (χ0n) is 16.3. The van der Waals surface area contributed by atoms with Crippen molar-refractivity contribution in [1.29, 1.82) is 0 Å². The molecule has 0 aliphatic carbocycles. The van der Waals surface area contributed by atoms with Gasteiger partial charge in [0.25, 0.3) is 11.6 Å². The summed E-state index contributed by atoms with van der Waals surface area (Å²) >= 11 is 0. The number of hydrogen-bond donors (Lipinski definition) is 0. The van der Waals surface area contributed by atoms with Gasteiger partial charge in [0.2, 0.25) is 0 Å². The standard InChI is InChI=1S/C20H24N4O4/c1-21(2)19-9-6-16(24(26)27)14-18(19)20(25)23-12-10-22(11-13-23)15-4-7-17(28-3)8-5-15/h4-9,14H,10-13H2,1-3H3. The van der Waals surface area contributed by atoms with E-state index >= 15 is 0 Å². The van der Waals surface area contributed by atoms with E-state index in [0.29, 0.717) is 37.4 Å². The molecule has 0 N–H and O–H groups in total. The molecule has 1 heterocycles. The number of nitro groups is 1. The first-order chi connectivity index (χ1) is 13.4. The van der Waals surface area contributed by atoms with Gasteiger partial charge in [0, 0.05) is 63.8 Å². The first-order valence-corrected chi connectivity index (χ1v) is 9.04. The van der Waals surface area contributed by atoms with Crippen molar-refractivity contribution >= 4 is 23.0 Å². The molecule has 1 fully saturated rings. The third-order valence-corrected chi connectivity index (χ3v) is 4.91. The number of carbonyl (C=O) groups excluding carboxylic acids is 1. The highest BCUT2D eigenvalue weighted by Gasteiger charge is 2.26. The number of hydrogen-bond acceptors (Lipinski definition) is 6. The molecule has 1 saturated heterocycles. The summed E-state index contributed by atoms with van der Waals surface area (Å²) in [5.41, 5.74) is 2.04. The molecule has 2 aromatic rings. The highest BCUT2D eigenvalue weighted by molar-refractivity contribution is 6.00. The highest BCUT2D eigenvalue weighted by atomic mass is 16.6. The smallest absolute Gasteiger partial charge is 0.270 e. The molecule has 8 nitrogen and oxygen atoms in total. The average molecular weight is 384 g/mol. The number of non-ortho nitro benzene ring substituents is 1. The molecule has 0 spiro atoms. The second-order valence-electron chi connectivity index (χ2n) is 6.83. The van der Waals surface area contributed by atoms with Crippen molar-refractivity contribution in [2.45, 2.75) is 0 Å². The molecule has 0 atom stereocenters. The van der Waals surface area contributed by atoms with Gasteiger partial charge in [-0.1, -0.05) is 0 Å². The molecule has 28 heavy (non-hydrogen) atoms. The molecule has 2 aromatic carbocycles. The van der Waals surface area contributed by atoms with Gasteiger partial charge in [-0.2, -0.15) is 0 Å². The molecule has 0 aromatic heterocycles. The van der Waals surface area contributed by atoms with E-state index in [1.54, 1.807) is 23.0 Å². The summed E-state index contributed by atoms with van der Waals surface area (Å²) in [7, 11) is 5.27.